The first kappa shape index (κ1) is 16.4. The average molecular weight is 321 g/mol. The summed E-state index contributed by atoms with van der Waals surface area (Å²) in [6.07, 6.45) is 3.94. The van der Waals surface area contributed by atoms with Crippen molar-refractivity contribution in [2.24, 2.45) is 0 Å². The SMILES string of the molecule is CCCCNc1nccc(Nc2cc(C)c(Cl)cc2OC)n1. The molecule has 6 heteroatoms. The lowest BCUT2D eigenvalue weighted by Crippen LogP contribution is -2.06. The molecule has 1 aromatic carbocycles. The number of anilines is 3. The quantitative estimate of drug-likeness (QED) is 0.740. The van der Waals surface area contributed by atoms with Gasteiger partial charge in [0.1, 0.15) is 11.6 Å². The first-order valence-electron chi connectivity index (χ1n) is 7.32. The van der Waals surface area contributed by atoms with Crippen molar-refractivity contribution in [1.29, 1.82) is 0 Å². The van der Waals surface area contributed by atoms with E-state index >= 15 is 0 Å². The van der Waals surface area contributed by atoms with Crippen LogP contribution in [-0.4, -0.2) is 23.6 Å². The highest BCUT2D eigenvalue weighted by atomic mass is 35.5. The van der Waals surface area contributed by atoms with Gasteiger partial charge >= 0.3 is 0 Å². The van der Waals surface area contributed by atoms with Gasteiger partial charge in [-0.3, -0.25) is 0 Å². The molecule has 0 saturated heterocycles. The van der Waals surface area contributed by atoms with Crippen molar-refractivity contribution in [2.75, 3.05) is 24.3 Å². The van der Waals surface area contributed by atoms with Crippen LogP contribution in [0.3, 0.4) is 0 Å². The molecule has 1 heterocycles. The Bertz CT molecular complexity index is 634. The molecule has 1 aromatic heterocycles. The van der Waals surface area contributed by atoms with Crippen LogP contribution in [0.2, 0.25) is 5.02 Å². The fraction of sp³-hybridized carbons (Fsp3) is 0.375. The molecule has 2 rings (SSSR count). The zero-order valence-electron chi connectivity index (χ0n) is 13.1. The van der Waals surface area contributed by atoms with E-state index in [1.165, 1.54) is 0 Å². The summed E-state index contributed by atoms with van der Waals surface area (Å²) in [6.45, 7) is 4.96. The first-order chi connectivity index (χ1) is 10.6. The summed E-state index contributed by atoms with van der Waals surface area (Å²) in [5, 5.41) is 7.13. The van der Waals surface area contributed by atoms with E-state index in [2.05, 4.69) is 27.5 Å². The topological polar surface area (TPSA) is 59.1 Å². The molecule has 0 spiro atoms. The van der Waals surface area contributed by atoms with Gasteiger partial charge in [0.2, 0.25) is 5.95 Å². The van der Waals surface area contributed by atoms with Gasteiger partial charge in [-0.2, -0.15) is 4.98 Å². The second kappa shape index (κ2) is 7.84. The molecule has 0 atom stereocenters. The second-order valence-corrected chi connectivity index (χ2v) is 5.38. The van der Waals surface area contributed by atoms with Gasteiger partial charge in [-0.1, -0.05) is 24.9 Å². The zero-order valence-corrected chi connectivity index (χ0v) is 13.9. The van der Waals surface area contributed by atoms with Gasteiger partial charge in [0, 0.05) is 23.8 Å². The molecule has 118 valence electrons. The lowest BCUT2D eigenvalue weighted by Gasteiger charge is -2.13. The Kier molecular flexibility index (Phi) is 5.83. The highest BCUT2D eigenvalue weighted by molar-refractivity contribution is 6.31. The Hall–Kier alpha value is -2.01. The minimum absolute atomic E-state index is 0.614. The molecule has 2 aromatic rings. The average Bonchev–Trinajstić information content (AvgIpc) is 2.51. The minimum Gasteiger partial charge on any atom is -0.495 e. The molecule has 22 heavy (non-hydrogen) atoms. The number of nitrogens with zero attached hydrogens (tertiary/aromatic N) is 2. The Morgan fingerprint density at radius 2 is 2.14 bits per heavy atom. The molecule has 5 nitrogen and oxygen atoms in total. The Labute approximate surface area is 136 Å². The van der Waals surface area contributed by atoms with Crippen LogP contribution in [-0.2, 0) is 0 Å². The largest absolute Gasteiger partial charge is 0.495 e. The number of halogens is 1. The van der Waals surface area contributed by atoms with Crippen molar-refractivity contribution < 1.29 is 4.74 Å². The predicted octanol–water partition coefficient (Wildman–Crippen LogP) is 4.40. The summed E-state index contributed by atoms with van der Waals surface area (Å²) in [4.78, 5) is 8.66. The smallest absolute Gasteiger partial charge is 0.224 e. The third-order valence-corrected chi connectivity index (χ3v) is 3.62. The molecule has 0 saturated carbocycles. The van der Waals surface area contributed by atoms with Crippen LogP contribution < -0.4 is 15.4 Å². The number of nitrogens with one attached hydrogen (secondary N) is 2. The van der Waals surface area contributed by atoms with E-state index in [1.807, 2.05) is 19.1 Å². The summed E-state index contributed by atoms with van der Waals surface area (Å²) < 4.78 is 5.36. The minimum atomic E-state index is 0.614. The van der Waals surface area contributed by atoms with Crippen LogP contribution in [0.25, 0.3) is 0 Å². The van der Waals surface area contributed by atoms with Crippen LogP contribution in [0.4, 0.5) is 17.5 Å². The predicted molar refractivity (Wildman–Crippen MR) is 91.5 cm³/mol. The number of benzene rings is 1. The normalized spacial score (nSPS) is 10.4. The number of methoxy groups -OCH3 is 1. The molecule has 0 unspecified atom stereocenters. The maximum Gasteiger partial charge on any atom is 0.224 e. The molecule has 0 bridgehead atoms. The van der Waals surface area contributed by atoms with E-state index in [0.29, 0.717) is 22.5 Å². The van der Waals surface area contributed by atoms with Crippen molar-refractivity contribution in [1.82, 2.24) is 9.97 Å². The molecular weight excluding hydrogens is 300 g/mol. The van der Waals surface area contributed by atoms with E-state index in [9.17, 15) is 0 Å². The van der Waals surface area contributed by atoms with Gasteiger partial charge in [-0.05, 0) is 31.0 Å². The number of rotatable bonds is 7. The summed E-state index contributed by atoms with van der Waals surface area (Å²) >= 11 is 6.12. The van der Waals surface area contributed by atoms with Crippen molar-refractivity contribution in [3.8, 4) is 5.75 Å². The lowest BCUT2D eigenvalue weighted by atomic mass is 10.2. The van der Waals surface area contributed by atoms with Crippen molar-refractivity contribution in [3.63, 3.8) is 0 Å². The van der Waals surface area contributed by atoms with Gasteiger partial charge in [-0.25, -0.2) is 4.98 Å². The number of aryl methyl sites for hydroxylation is 1. The Morgan fingerprint density at radius 1 is 1.32 bits per heavy atom. The van der Waals surface area contributed by atoms with Gasteiger partial charge in [0.25, 0.3) is 0 Å². The van der Waals surface area contributed by atoms with Crippen LogP contribution in [0.5, 0.6) is 5.75 Å². The fourth-order valence-corrected chi connectivity index (χ4v) is 2.11. The van der Waals surface area contributed by atoms with E-state index in [0.717, 1.165) is 30.6 Å². The van der Waals surface area contributed by atoms with Gasteiger partial charge < -0.3 is 15.4 Å². The highest BCUT2D eigenvalue weighted by Crippen LogP contribution is 2.32. The summed E-state index contributed by atoms with van der Waals surface area (Å²) in [5.74, 6) is 1.99. The summed E-state index contributed by atoms with van der Waals surface area (Å²) in [7, 11) is 1.61. The van der Waals surface area contributed by atoms with Crippen LogP contribution in [0.1, 0.15) is 25.3 Å². The van der Waals surface area contributed by atoms with Crippen molar-refractivity contribution in [2.45, 2.75) is 26.7 Å². The van der Waals surface area contributed by atoms with Crippen LogP contribution >= 0.6 is 11.6 Å². The summed E-state index contributed by atoms with van der Waals surface area (Å²) in [5.41, 5.74) is 1.79. The summed E-state index contributed by atoms with van der Waals surface area (Å²) in [6, 6.07) is 5.54. The van der Waals surface area contributed by atoms with Gasteiger partial charge in [-0.15, -0.1) is 0 Å². The van der Waals surface area contributed by atoms with Crippen molar-refractivity contribution in [3.05, 3.63) is 35.0 Å². The maximum absolute atomic E-state index is 6.12. The zero-order chi connectivity index (χ0) is 15.9. The molecule has 0 aliphatic carbocycles. The molecule has 0 aliphatic heterocycles. The van der Waals surface area contributed by atoms with E-state index in [4.69, 9.17) is 16.3 Å². The molecular formula is C16H21ClN4O. The maximum atomic E-state index is 6.12. The molecule has 0 amide bonds. The molecule has 0 fully saturated rings. The van der Waals surface area contributed by atoms with Gasteiger partial charge in [0.15, 0.2) is 0 Å². The third kappa shape index (κ3) is 4.24. The van der Waals surface area contributed by atoms with Crippen LogP contribution in [0.15, 0.2) is 24.4 Å². The fourth-order valence-electron chi connectivity index (χ4n) is 1.96. The number of aromatic nitrogens is 2. The standard InChI is InChI=1S/C16H21ClN4O/c1-4-5-7-18-16-19-8-6-15(21-16)20-13-9-11(2)12(17)10-14(13)22-3/h6,8-10H,4-5,7H2,1-3H3,(H2,18,19,20,21). The molecule has 0 aliphatic rings. The number of ether oxygens (including phenoxy) is 1. The molecule has 2 N–H and O–H groups in total. The van der Waals surface area contributed by atoms with E-state index in [1.54, 1.807) is 19.4 Å². The monoisotopic (exact) mass is 320 g/mol. The third-order valence-electron chi connectivity index (χ3n) is 3.21. The number of hydrogen-bond donors (Lipinski definition) is 2. The van der Waals surface area contributed by atoms with E-state index in [-0.39, 0.29) is 0 Å². The first-order valence-corrected chi connectivity index (χ1v) is 7.70. The lowest BCUT2D eigenvalue weighted by molar-refractivity contribution is 0.416. The van der Waals surface area contributed by atoms with Gasteiger partial charge in [0.05, 0.1) is 12.8 Å². The van der Waals surface area contributed by atoms with Crippen molar-refractivity contribution >= 4 is 29.1 Å². The molecule has 0 radical (unpaired) electrons. The number of hydrogen-bond acceptors (Lipinski definition) is 5. The second-order valence-electron chi connectivity index (χ2n) is 4.97. The Balaban J connectivity index is 2.16. The Morgan fingerprint density at radius 3 is 2.86 bits per heavy atom. The number of unbranched alkanes of at least 4 members (excludes halogenated alkanes) is 1. The van der Waals surface area contributed by atoms with Crippen LogP contribution in [0, 0.1) is 6.92 Å². The van der Waals surface area contributed by atoms with E-state index < -0.39 is 0 Å². The highest BCUT2D eigenvalue weighted by Gasteiger charge is 2.08.